The Hall–Kier alpha value is -1.76. The molecule has 0 unspecified atom stereocenters. The first-order valence-corrected chi connectivity index (χ1v) is 8.82. The lowest BCUT2D eigenvalue weighted by molar-refractivity contribution is 0.0671. The lowest BCUT2D eigenvalue weighted by atomic mass is 9.97. The zero-order valence-electron chi connectivity index (χ0n) is 12.8. The summed E-state index contributed by atoms with van der Waals surface area (Å²) in [4.78, 5) is 18.8. The molecule has 3 rings (SSSR count). The van der Waals surface area contributed by atoms with Gasteiger partial charge in [-0.3, -0.25) is 9.89 Å². The molecular weight excluding hydrogens is 300 g/mol. The highest BCUT2D eigenvalue weighted by molar-refractivity contribution is 7.97. The van der Waals surface area contributed by atoms with Crippen LogP contribution >= 0.6 is 11.8 Å². The van der Waals surface area contributed by atoms with Crippen LogP contribution in [0.15, 0.2) is 16.5 Å². The maximum absolute atomic E-state index is 12.6. The van der Waals surface area contributed by atoms with Gasteiger partial charge in [-0.15, -0.1) is 0 Å². The lowest BCUT2D eigenvalue weighted by Crippen LogP contribution is -2.39. The summed E-state index contributed by atoms with van der Waals surface area (Å²) in [5.41, 5.74) is 0. The van der Waals surface area contributed by atoms with Crippen LogP contribution in [0, 0.1) is 6.92 Å². The summed E-state index contributed by atoms with van der Waals surface area (Å²) in [7, 11) is 0. The SMILES string of the molecule is CSCc1ccc(C(=O)N2CCC[C@H](c3n[nH]c(C)n3)C2)o1. The van der Waals surface area contributed by atoms with E-state index >= 15 is 0 Å². The van der Waals surface area contributed by atoms with E-state index in [2.05, 4.69) is 15.2 Å². The molecule has 1 aliphatic heterocycles. The molecule has 1 N–H and O–H groups in total. The van der Waals surface area contributed by atoms with Crippen molar-refractivity contribution in [2.45, 2.75) is 31.4 Å². The maximum Gasteiger partial charge on any atom is 0.289 e. The fourth-order valence-corrected chi connectivity index (χ4v) is 3.22. The maximum atomic E-state index is 12.6. The van der Waals surface area contributed by atoms with E-state index in [0.717, 1.165) is 42.5 Å². The molecule has 1 fully saturated rings. The van der Waals surface area contributed by atoms with Gasteiger partial charge in [0.05, 0.1) is 5.75 Å². The van der Waals surface area contributed by atoms with Gasteiger partial charge in [0, 0.05) is 19.0 Å². The van der Waals surface area contributed by atoms with E-state index in [1.807, 2.05) is 24.1 Å². The molecule has 1 aliphatic rings. The second-order valence-corrected chi connectivity index (χ2v) is 6.43. The standard InChI is InChI=1S/C15H20N4O2S/c1-10-16-14(18-17-10)11-4-3-7-19(8-11)15(20)13-6-5-12(21-13)9-22-2/h5-6,11H,3-4,7-9H2,1-2H3,(H,16,17,18)/t11-/m0/s1. The van der Waals surface area contributed by atoms with Crippen molar-refractivity contribution in [3.05, 3.63) is 35.3 Å². The monoisotopic (exact) mass is 320 g/mol. The Bertz CT molecular complexity index is 652. The van der Waals surface area contributed by atoms with E-state index in [1.165, 1.54) is 0 Å². The molecule has 22 heavy (non-hydrogen) atoms. The lowest BCUT2D eigenvalue weighted by Gasteiger charge is -2.30. The van der Waals surface area contributed by atoms with E-state index in [1.54, 1.807) is 17.8 Å². The Morgan fingerprint density at radius 1 is 1.55 bits per heavy atom. The fraction of sp³-hybridized carbons (Fsp3) is 0.533. The Morgan fingerprint density at radius 2 is 2.41 bits per heavy atom. The number of furan rings is 1. The van der Waals surface area contributed by atoms with Crippen molar-refractivity contribution in [3.63, 3.8) is 0 Å². The smallest absolute Gasteiger partial charge is 0.289 e. The quantitative estimate of drug-likeness (QED) is 0.937. The molecule has 118 valence electrons. The number of piperidine rings is 1. The summed E-state index contributed by atoms with van der Waals surface area (Å²) in [5.74, 6) is 3.83. The summed E-state index contributed by atoms with van der Waals surface area (Å²) in [6.45, 7) is 3.30. The Kier molecular flexibility index (Phi) is 4.52. The highest BCUT2D eigenvalue weighted by Gasteiger charge is 2.29. The van der Waals surface area contributed by atoms with Gasteiger partial charge in [0.25, 0.3) is 5.91 Å². The summed E-state index contributed by atoms with van der Waals surface area (Å²) < 4.78 is 5.63. The summed E-state index contributed by atoms with van der Waals surface area (Å²) in [6, 6.07) is 3.65. The van der Waals surface area contributed by atoms with Gasteiger partial charge in [-0.2, -0.15) is 16.9 Å². The van der Waals surface area contributed by atoms with E-state index in [4.69, 9.17) is 4.42 Å². The number of aromatic amines is 1. The third-order valence-electron chi connectivity index (χ3n) is 3.85. The van der Waals surface area contributed by atoms with Crippen LogP contribution in [0.2, 0.25) is 0 Å². The van der Waals surface area contributed by atoms with Crippen molar-refractivity contribution in [2.75, 3.05) is 19.3 Å². The second-order valence-electron chi connectivity index (χ2n) is 5.57. The van der Waals surface area contributed by atoms with Gasteiger partial charge in [0.2, 0.25) is 0 Å². The van der Waals surface area contributed by atoms with Crippen molar-refractivity contribution in [1.82, 2.24) is 20.1 Å². The topological polar surface area (TPSA) is 75.0 Å². The molecule has 7 heteroatoms. The molecule has 0 saturated carbocycles. The summed E-state index contributed by atoms with van der Waals surface area (Å²) in [5, 5.41) is 7.11. The van der Waals surface area contributed by atoms with E-state index in [9.17, 15) is 4.79 Å². The van der Waals surface area contributed by atoms with Crippen molar-refractivity contribution in [3.8, 4) is 0 Å². The Labute approximate surface area is 133 Å². The molecule has 0 aromatic carbocycles. The van der Waals surface area contributed by atoms with Crippen LogP contribution in [0.4, 0.5) is 0 Å². The summed E-state index contributed by atoms with van der Waals surface area (Å²) >= 11 is 1.68. The molecule has 0 bridgehead atoms. The second kappa shape index (κ2) is 6.56. The van der Waals surface area contributed by atoms with Gasteiger partial charge in [-0.1, -0.05) is 0 Å². The number of hydrogen-bond donors (Lipinski definition) is 1. The number of nitrogens with zero attached hydrogens (tertiary/aromatic N) is 3. The largest absolute Gasteiger partial charge is 0.455 e. The number of nitrogens with one attached hydrogen (secondary N) is 1. The average molecular weight is 320 g/mol. The van der Waals surface area contributed by atoms with Crippen molar-refractivity contribution in [2.24, 2.45) is 0 Å². The first-order chi connectivity index (χ1) is 10.7. The highest BCUT2D eigenvalue weighted by atomic mass is 32.2. The van der Waals surface area contributed by atoms with Crippen molar-refractivity contribution >= 4 is 17.7 Å². The molecule has 0 spiro atoms. The van der Waals surface area contributed by atoms with Crippen LogP contribution < -0.4 is 0 Å². The number of H-pyrrole nitrogens is 1. The predicted molar refractivity (Wildman–Crippen MR) is 84.9 cm³/mol. The zero-order valence-corrected chi connectivity index (χ0v) is 13.7. The van der Waals surface area contributed by atoms with Crippen LogP contribution in [0.5, 0.6) is 0 Å². The summed E-state index contributed by atoms with van der Waals surface area (Å²) in [6.07, 6.45) is 3.98. The first-order valence-electron chi connectivity index (χ1n) is 7.43. The van der Waals surface area contributed by atoms with Crippen LogP contribution in [0.3, 0.4) is 0 Å². The predicted octanol–water partition coefficient (Wildman–Crippen LogP) is 2.59. The normalized spacial score (nSPS) is 18.6. The number of carbonyl (C=O) groups is 1. The molecule has 1 saturated heterocycles. The van der Waals surface area contributed by atoms with Gasteiger partial charge in [0.15, 0.2) is 11.6 Å². The minimum absolute atomic E-state index is 0.0377. The molecule has 1 atom stereocenters. The number of thioether (sulfide) groups is 1. The van der Waals surface area contributed by atoms with E-state index in [-0.39, 0.29) is 11.8 Å². The van der Waals surface area contributed by atoms with Crippen LogP contribution in [-0.2, 0) is 5.75 Å². The first kappa shape index (κ1) is 15.1. The van der Waals surface area contributed by atoms with Crippen molar-refractivity contribution < 1.29 is 9.21 Å². The average Bonchev–Trinajstić information content (AvgIpc) is 3.16. The van der Waals surface area contributed by atoms with Crippen LogP contribution in [0.25, 0.3) is 0 Å². The van der Waals surface area contributed by atoms with Crippen molar-refractivity contribution in [1.29, 1.82) is 0 Å². The molecule has 6 nitrogen and oxygen atoms in total. The number of amides is 1. The zero-order chi connectivity index (χ0) is 15.5. The minimum Gasteiger partial charge on any atom is -0.455 e. The molecule has 2 aromatic heterocycles. The van der Waals surface area contributed by atoms with Gasteiger partial charge in [0.1, 0.15) is 11.6 Å². The molecule has 0 radical (unpaired) electrons. The third-order valence-corrected chi connectivity index (χ3v) is 4.42. The molecule has 3 heterocycles. The Morgan fingerprint density at radius 3 is 3.14 bits per heavy atom. The van der Waals surface area contributed by atoms with Crippen LogP contribution in [-0.4, -0.2) is 45.3 Å². The van der Waals surface area contributed by atoms with E-state index in [0.29, 0.717) is 12.3 Å². The van der Waals surface area contributed by atoms with Crippen LogP contribution in [0.1, 0.15) is 46.7 Å². The fourth-order valence-electron chi connectivity index (χ4n) is 2.78. The highest BCUT2D eigenvalue weighted by Crippen LogP contribution is 2.26. The number of aromatic nitrogens is 3. The number of likely N-dealkylation sites (tertiary alicyclic amines) is 1. The number of rotatable bonds is 4. The molecule has 1 amide bonds. The minimum atomic E-state index is -0.0377. The van der Waals surface area contributed by atoms with E-state index < -0.39 is 0 Å². The number of hydrogen-bond acceptors (Lipinski definition) is 5. The van der Waals surface area contributed by atoms with Gasteiger partial charge >= 0.3 is 0 Å². The molecular formula is C15H20N4O2S. The molecule has 2 aromatic rings. The number of aryl methyl sites for hydroxylation is 1. The number of carbonyl (C=O) groups excluding carboxylic acids is 1. The molecule has 0 aliphatic carbocycles. The Balaban J connectivity index is 1.69. The van der Waals surface area contributed by atoms with Gasteiger partial charge in [-0.25, -0.2) is 4.98 Å². The van der Waals surface area contributed by atoms with Gasteiger partial charge < -0.3 is 9.32 Å². The third kappa shape index (κ3) is 3.19. The van der Waals surface area contributed by atoms with Gasteiger partial charge in [-0.05, 0) is 38.2 Å².